The number of amides is 1. The zero-order valence-electron chi connectivity index (χ0n) is 11.1. The van der Waals surface area contributed by atoms with E-state index >= 15 is 0 Å². The van der Waals surface area contributed by atoms with Crippen LogP contribution in [0.4, 0.5) is 0 Å². The van der Waals surface area contributed by atoms with Gasteiger partial charge in [-0.3, -0.25) is 9.48 Å². The monoisotopic (exact) mass is 252 g/mol. The lowest BCUT2D eigenvalue weighted by atomic mass is 10.0. The van der Waals surface area contributed by atoms with E-state index in [4.69, 9.17) is 4.74 Å². The third kappa shape index (κ3) is 2.70. The van der Waals surface area contributed by atoms with Gasteiger partial charge in [0.2, 0.25) is 5.91 Å². The van der Waals surface area contributed by atoms with Gasteiger partial charge in [-0.05, 0) is 14.0 Å². The summed E-state index contributed by atoms with van der Waals surface area (Å²) in [6, 6.07) is 0.111. The first kappa shape index (κ1) is 13.0. The largest absolute Gasteiger partial charge is 0.379 e. The first-order valence-electron chi connectivity index (χ1n) is 6.13. The molecule has 1 aliphatic rings. The van der Waals surface area contributed by atoms with Crippen molar-refractivity contribution in [2.75, 3.05) is 20.3 Å². The molecule has 1 amide bonds. The summed E-state index contributed by atoms with van der Waals surface area (Å²) in [5.74, 6) is -0.0675. The molecule has 0 bridgehead atoms. The Balaban J connectivity index is 1.90. The number of nitrogens with one attached hydrogen (secondary N) is 2. The van der Waals surface area contributed by atoms with E-state index in [1.54, 1.807) is 4.68 Å². The first-order valence-corrected chi connectivity index (χ1v) is 6.13. The molecule has 2 N–H and O–H groups in total. The highest BCUT2D eigenvalue weighted by molar-refractivity contribution is 5.79. The molecule has 0 radical (unpaired) electrons. The van der Waals surface area contributed by atoms with Crippen molar-refractivity contribution in [2.45, 2.75) is 19.5 Å². The maximum Gasteiger partial charge on any atom is 0.227 e. The van der Waals surface area contributed by atoms with Gasteiger partial charge in [-0.1, -0.05) is 0 Å². The van der Waals surface area contributed by atoms with Crippen LogP contribution in [0.3, 0.4) is 0 Å². The molecule has 6 heteroatoms. The van der Waals surface area contributed by atoms with Gasteiger partial charge >= 0.3 is 0 Å². The van der Waals surface area contributed by atoms with E-state index in [0.29, 0.717) is 19.8 Å². The maximum atomic E-state index is 12.0. The van der Waals surface area contributed by atoms with Crippen molar-refractivity contribution in [1.82, 2.24) is 20.4 Å². The molecule has 1 aromatic rings. The van der Waals surface area contributed by atoms with Crippen molar-refractivity contribution in [3.8, 4) is 0 Å². The van der Waals surface area contributed by atoms with Crippen molar-refractivity contribution in [3.05, 3.63) is 17.5 Å². The van der Waals surface area contributed by atoms with Gasteiger partial charge in [-0.25, -0.2) is 0 Å². The Kier molecular flexibility index (Phi) is 3.98. The Bertz CT molecular complexity index is 430. The van der Waals surface area contributed by atoms with Crippen LogP contribution in [0.2, 0.25) is 0 Å². The van der Waals surface area contributed by atoms with Crippen LogP contribution in [-0.2, 0) is 23.1 Å². The van der Waals surface area contributed by atoms with Gasteiger partial charge in [-0.2, -0.15) is 5.10 Å². The van der Waals surface area contributed by atoms with Gasteiger partial charge < -0.3 is 15.4 Å². The average Bonchev–Trinajstić information content (AvgIpc) is 2.92. The van der Waals surface area contributed by atoms with Crippen molar-refractivity contribution in [3.63, 3.8) is 0 Å². The number of carbonyl (C=O) groups is 1. The van der Waals surface area contributed by atoms with Crippen LogP contribution in [0.1, 0.15) is 11.3 Å². The Morgan fingerprint density at radius 1 is 1.61 bits per heavy atom. The van der Waals surface area contributed by atoms with Gasteiger partial charge in [-0.15, -0.1) is 0 Å². The van der Waals surface area contributed by atoms with Gasteiger partial charge in [0.05, 0.1) is 24.8 Å². The number of ether oxygens (including phenoxy) is 1. The van der Waals surface area contributed by atoms with Crippen LogP contribution in [0, 0.1) is 12.8 Å². The Labute approximate surface area is 107 Å². The van der Waals surface area contributed by atoms with Gasteiger partial charge in [0, 0.05) is 31.4 Å². The minimum absolute atomic E-state index is 0.0371. The molecule has 0 aliphatic carbocycles. The van der Waals surface area contributed by atoms with Crippen LogP contribution < -0.4 is 10.6 Å². The predicted molar refractivity (Wildman–Crippen MR) is 66.9 cm³/mol. The Morgan fingerprint density at radius 3 is 3.00 bits per heavy atom. The zero-order chi connectivity index (χ0) is 13.1. The van der Waals surface area contributed by atoms with Gasteiger partial charge in [0.15, 0.2) is 0 Å². The molecule has 0 spiro atoms. The Morgan fingerprint density at radius 2 is 2.39 bits per heavy atom. The summed E-state index contributed by atoms with van der Waals surface area (Å²) in [6.45, 7) is 3.55. The van der Waals surface area contributed by atoms with E-state index in [0.717, 1.165) is 11.3 Å². The minimum atomic E-state index is -0.105. The molecule has 0 aromatic carbocycles. The van der Waals surface area contributed by atoms with Gasteiger partial charge in [0.1, 0.15) is 0 Å². The highest BCUT2D eigenvalue weighted by atomic mass is 16.5. The normalized spacial score (nSPS) is 23.3. The summed E-state index contributed by atoms with van der Waals surface area (Å²) in [4.78, 5) is 12.0. The molecule has 100 valence electrons. The van der Waals surface area contributed by atoms with E-state index < -0.39 is 0 Å². The number of hydrogen-bond acceptors (Lipinski definition) is 4. The third-order valence-electron chi connectivity index (χ3n) is 3.36. The lowest BCUT2D eigenvalue weighted by Crippen LogP contribution is -2.42. The molecule has 1 aliphatic heterocycles. The molecule has 2 heterocycles. The molecular formula is C12H20N4O2. The Hall–Kier alpha value is -1.40. The van der Waals surface area contributed by atoms with Crippen LogP contribution in [0.15, 0.2) is 6.20 Å². The second-order valence-corrected chi connectivity index (χ2v) is 4.67. The molecule has 2 rings (SSSR count). The molecule has 1 aromatic heterocycles. The van der Waals surface area contributed by atoms with Gasteiger partial charge in [0.25, 0.3) is 0 Å². The van der Waals surface area contributed by atoms with E-state index in [2.05, 4.69) is 15.7 Å². The number of aromatic nitrogens is 2. The molecule has 2 atom stereocenters. The summed E-state index contributed by atoms with van der Waals surface area (Å²) in [6.07, 6.45) is 1.93. The van der Waals surface area contributed by atoms with Crippen molar-refractivity contribution >= 4 is 5.91 Å². The maximum absolute atomic E-state index is 12.0. The molecule has 1 saturated heterocycles. The molecule has 0 saturated carbocycles. The van der Waals surface area contributed by atoms with Crippen molar-refractivity contribution < 1.29 is 9.53 Å². The number of rotatable bonds is 4. The standard InChI is InChI=1S/C12H20N4O2/c1-8-9(5-16(3)15-8)4-14-12(17)10-6-18-7-11(10)13-2/h5,10-11,13H,4,6-7H2,1-3H3,(H,14,17). The zero-order valence-corrected chi connectivity index (χ0v) is 11.1. The second-order valence-electron chi connectivity index (χ2n) is 4.67. The highest BCUT2D eigenvalue weighted by Gasteiger charge is 2.32. The fourth-order valence-corrected chi connectivity index (χ4v) is 2.23. The van der Waals surface area contributed by atoms with Crippen LogP contribution in [0.5, 0.6) is 0 Å². The molecule has 1 fully saturated rings. The van der Waals surface area contributed by atoms with Crippen LogP contribution in [0.25, 0.3) is 0 Å². The topological polar surface area (TPSA) is 68.2 Å². The first-order chi connectivity index (χ1) is 8.61. The predicted octanol–water partition coefficient (Wildman–Crippen LogP) is -0.421. The van der Waals surface area contributed by atoms with E-state index in [1.165, 1.54) is 0 Å². The summed E-state index contributed by atoms with van der Waals surface area (Å²) in [7, 11) is 3.73. The second kappa shape index (κ2) is 5.49. The van der Waals surface area contributed by atoms with Crippen LogP contribution in [-0.4, -0.2) is 42.0 Å². The fourth-order valence-electron chi connectivity index (χ4n) is 2.23. The lowest BCUT2D eigenvalue weighted by Gasteiger charge is -2.16. The smallest absolute Gasteiger partial charge is 0.227 e. The molecule has 18 heavy (non-hydrogen) atoms. The lowest BCUT2D eigenvalue weighted by molar-refractivity contribution is -0.125. The van der Waals surface area contributed by atoms with E-state index in [1.807, 2.05) is 27.2 Å². The number of likely N-dealkylation sites (N-methyl/N-ethyl adjacent to an activating group) is 1. The van der Waals surface area contributed by atoms with Crippen LogP contribution >= 0.6 is 0 Å². The number of aryl methyl sites for hydroxylation is 2. The summed E-state index contributed by atoms with van der Waals surface area (Å²) < 4.78 is 7.08. The van der Waals surface area contributed by atoms with Crippen molar-refractivity contribution in [1.29, 1.82) is 0 Å². The van der Waals surface area contributed by atoms with E-state index in [9.17, 15) is 4.79 Å². The molecule has 2 unspecified atom stereocenters. The molecular weight excluding hydrogens is 232 g/mol. The number of carbonyl (C=O) groups excluding carboxylic acids is 1. The molecule has 6 nitrogen and oxygen atoms in total. The fraction of sp³-hybridized carbons (Fsp3) is 0.667. The quantitative estimate of drug-likeness (QED) is 0.763. The average molecular weight is 252 g/mol. The summed E-state index contributed by atoms with van der Waals surface area (Å²) in [5, 5.41) is 10.3. The summed E-state index contributed by atoms with van der Waals surface area (Å²) in [5.41, 5.74) is 2.00. The SMILES string of the molecule is CNC1COCC1C(=O)NCc1cn(C)nc1C. The minimum Gasteiger partial charge on any atom is -0.379 e. The van der Waals surface area contributed by atoms with Crippen molar-refractivity contribution in [2.24, 2.45) is 13.0 Å². The third-order valence-corrected chi connectivity index (χ3v) is 3.36. The van der Waals surface area contributed by atoms with E-state index in [-0.39, 0.29) is 17.9 Å². The number of hydrogen-bond donors (Lipinski definition) is 2. The number of nitrogens with zero attached hydrogens (tertiary/aromatic N) is 2. The highest BCUT2D eigenvalue weighted by Crippen LogP contribution is 2.14. The summed E-state index contributed by atoms with van der Waals surface area (Å²) >= 11 is 0.